The van der Waals surface area contributed by atoms with Crippen LogP contribution in [0.2, 0.25) is 0 Å². The van der Waals surface area contributed by atoms with E-state index in [0.717, 1.165) is 32.9 Å². The molecule has 6 N–H and O–H groups in total. The number of nitrogens with zero attached hydrogens (tertiary/aromatic N) is 2. The van der Waals surface area contributed by atoms with Crippen molar-refractivity contribution in [2.24, 2.45) is 11.5 Å². The Labute approximate surface area is 269 Å². The van der Waals surface area contributed by atoms with E-state index in [2.05, 4.69) is 9.97 Å². The lowest BCUT2D eigenvalue weighted by atomic mass is 10.0. The van der Waals surface area contributed by atoms with Gasteiger partial charge < -0.3 is 50.2 Å². The predicted molar refractivity (Wildman–Crippen MR) is 176 cm³/mol. The average Bonchev–Trinajstić information content (AvgIpc) is 3.68. The zero-order valence-electron chi connectivity index (χ0n) is 26.3. The number of aromatic amines is 2. The first-order valence-corrected chi connectivity index (χ1v) is 16.0. The first kappa shape index (κ1) is 33.6. The fourth-order valence-corrected chi connectivity index (χ4v) is 5.73. The SMILES string of the molecule is NC(Cc1c[nH]c2ccccc12)C(=O)N1CCOCCOCCN(C(=O)C(N)Cc2c[nH]c3ccccc23)CCOCCOCC1. The number of fused-ring (bicyclic) bond motifs is 2. The summed E-state index contributed by atoms with van der Waals surface area (Å²) in [6, 6.07) is 14.6. The number of hydrogen-bond donors (Lipinski definition) is 4. The fourth-order valence-electron chi connectivity index (χ4n) is 5.73. The number of nitrogens with two attached hydrogens (primary N) is 2. The van der Waals surface area contributed by atoms with Gasteiger partial charge in [0.2, 0.25) is 11.8 Å². The second-order valence-electron chi connectivity index (χ2n) is 11.4. The first-order valence-electron chi connectivity index (χ1n) is 16.0. The monoisotopic (exact) mass is 634 g/mol. The highest BCUT2D eigenvalue weighted by molar-refractivity contribution is 5.87. The molecule has 12 nitrogen and oxygen atoms in total. The molecule has 1 fully saturated rings. The maximum atomic E-state index is 13.4. The molecule has 2 aromatic carbocycles. The quantitative estimate of drug-likeness (QED) is 0.250. The molecule has 46 heavy (non-hydrogen) atoms. The van der Waals surface area contributed by atoms with E-state index in [9.17, 15) is 9.59 Å². The summed E-state index contributed by atoms with van der Waals surface area (Å²) in [5.74, 6) is -0.293. The van der Waals surface area contributed by atoms with Crippen molar-refractivity contribution in [3.8, 4) is 0 Å². The Morgan fingerprint density at radius 1 is 0.587 bits per heavy atom. The molecule has 0 bridgehead atoms. The molecule has 0 saturated carbocycles. The van der Waals surface area contributed by atoms with Gasteiger partial charge in [0, 0.05) is 60.4 Å². The Hall–Kier alpha value is -3.78. The van der Waals surface area contributed by atoms with Crippen LogP contribution < -0.4 is 11.5 Å². The van der Waals surface area contributed by atoms with Gasteiger partial charge in [0.05, 0.1) is 64.9 Å². The lowest BCUT2D eigenvalue weighted by Gasteiger charge is -2.27. The number of amides is 2. The lowest BCUT2D eigenvalue weighted by molar-refractivity contribution is -0.135. The van der Waals surface area contributed by atoms with Crippen molar-refractivity contribution >= 4 is 33.6 Å². The minimum Gasteiger partial charge on any atom is -0.377 e. The van der Waals surface area contributed by atoms with Gasteiger partial charge in [0.15, 0.2) is 0 Å². The van der Waals surface area contributed by atoms with Crippen LogP contribution in [-0.4, -0.2) is 123 Å². The average molecular weight is 635 g/mol. The summed E-state index contributed by atoms with van der Waals surface area (Å²) < 4.78 is 23.1. The maximum absolute atomic E-state index is 13.4. The van der Waals surface area contributed by atoms with Gasteiger partial charge in [-0.05, 0) is 36.1 Å². The minimum absolute atomic E-state index is 0.146. The van der Waals surface area contributed by atoms with Crippen molar-refractivity contribution in [1.29, 1.82) is 0 Å². The molecular weight excluding hydrogens is 588 g/mol. The standard InChI is InChI=1S/C34H46N6O6/c35-29(21-25-23-37-31-7-3-1-5-27(25)31)33(41)39-9-13-43-17-19-45-15-11-40(12-16-46-20-18-44-14-10-39)34(42)30(36)22-26-24-38-32-8-4-2-6-28(26)32/h1-8,23-24,29-30,37-38H,9-22,35-36H2. The number of carbonyl (C=O) groups is 2. The summed E-state index contributed by atoms with van der Waals surface area (Å²) in [7, 11) is 0. The van der Waals surface area contributed by atoms with E-state index in [1.165, 1.54) is 0 Å². The number of carbonyl (C=O) groups excluding carboxylic acids is 2. The highest BCUT2D eigenvalue weighted by atomic mass is 16.5. The van der Waals surface area contributed by atoms with Crippen molar-refractivity contribution < 1.29 is 28.5 Å². The van der Waals surface area contributed by atoms with Crippen LogP contribution in [0.3, 0.4) is 0 Å². The summed E-state index contributed by atoms with van der Waals surface area (Å²) in [6.07, 6.45) is 4.68. The van der Waals surface area contributed by atoms with Gasteiger partial charge in [0.25, 0.3) is 0 Å². The molecule has 5 rings (SSSR count). The van der Waals surface area contributed by atoms with Crippen molar-refractivity contribution in [3.63, 3.8) is 0 Å². The largest absolute Gasteiger partial charge is 0.377 e. The molecule has 2 atom stereocenters. The van der Waals surface area contributed by atoms with Crippen molar-refractivity contribution in [2.75, 3.05) is 79.0 Å². The van der Waals surface area contributed by atoms with Crippen LogP contribution in [-0.2, 0) is 41.4 Å². The van der Waals surface area contributed by atoms with Crippen LogP contribution in [0.1, 0.15) is 11.1 Å². The van der Waals surface area contributed by atoms with Gasteiger partial charge in [-0.3, -0.25) is 9.59 Å². The third-order valence-corrected chi connectivity index (χ3v) is 8.25. The van der Waals surface area contributed by atoms with Crippen LogP contribution in [0, 0.1) is 0 Å². The van der Waals surface area contributed by atoms with Crippen molar-refractivity contribution in [2.45, 2.75) is 24.9 Å². The summed E-state index contributed by atoms with van der Waals surface area (Å²) in [5.41, 5.74) is 16.9. The van der Waals surface area contributed by atoms with E-state index in [1.54, 1.807) is 9.80 Å². The van der Waals surface area contributed by atoms with Crippen LogP contribution in [0.25, 0.3) is 21.8 Å². The van der Waals surface area contributed by atoms with Gasteiger partial charge in [-0.1, -0.05) is 36.4 Å². The molecule has 2 unspecified atom stereocenters. The molecule has 1 saturated heterocycles. The number of aromatic nitrogens is 2. The van der Waals surface area contributed by atoms with E-state index in [1.807, 2.05) is 60.9 Å². The Bertz CT molecular complexity index is 1400. The molecule has 248 valence electrons. The third-order valence-electron chi connectivity index (χ3n) is 8.25. The van der Waals surface area contributed by atoms with Crippen molar-refractivity contribution in [1.82, 2.24) is 19.8 Å². The molecule has 4 aromatic rings. The smallest absolute Gasteiger partial charge is 0.239 e. The number of benzene rings is 2. The molecule has 2 amide bonds. The molecule has 0 spiro atoms. The lowest BCUT2D eigenvalue weighted by Crippen LogP contribution is -2.47. The van der Waals surface area contributed by atoms with Crippen LogP contribution in [0.5, 0.6) is 0 Å². The van der Waals surface area contributed by atoms with Gasteiger partial charge in [-0.25, -0.2) is 0 Å². The Balaban J connectivity index is 1.10. The topological polar surface area (TPSA) is 161 Å². The van der Waals surface area contributed by atoms with Crippen LogP contribution in [0.15, 0.2) is 60.9 Å². The van der Waals surface area contributed by atoms with E-state index < -0.39 is 12.1 Å². The second-order valence-corrected chi connectivity index (χ2v) is 11.4. The maximum Gasteiger partial charge on any atom is 0.239 e. The number of para-hydroxylation sites is 2. The first-order chi connectivity index (χ1) is 22.5. The van der Waals surface area contributed by atoms with E-state index >= 15 is 0 Å². The van der Waals surface area contributed by atoms with Crippen LogP contribution in [0.4, 0.5) is 0 Å². The molecule has 1 aliphatic rings. The second kappa shape index (κ2) is 17.2. The zero-order valence-corrected chi connectivity index (χ0v) is 26.3. The molecule has 0 aliphatic carbocycles. The van der Waals surface area contributed by atoms with E-state index in [-0.39, 0.29) is 11.8 Å². The predicted octanol–water partition coefficient (Wildman–Crippen LogP) is 1.83. The number of ether oxygens (including phenoxy) is 4. The van der Waals surface area contributed by atoms with Gasteiger partial charge in [-0.2, -0.15) is 0 Å². The molecule has 0 radical (unpaired) electrons. The van der Waals surface area contributed by atoms with Gasteiger partial charge in [-0.15, -0.1) is 0 Å². The van der Waals surface area contributed by atoms with Gasteiger partial charge >= 0.3 is 0 Å². The van der Waals surface area contributed by atoms with Crippen LogP contribution >= 0.6 is 0 Å². The normalized spacial score (nSPS) is 18.2. The van der Waals surface area contributed by atoms with E-state index in [0.29, 0.717) is 91.9 Å². The van der Waals surface area contributed by atoms with E-state index in [4.69, 9.17) is 30.4 Å². The summed E-state index contributed by atoms with van der Waals surface area (Å²) >= 11 is 0. The molecule has 2 aromatic heterocycles. The fraction of sp³-hybridized carbons (Fsp3) is 0.471. The Morgan fingerprint density at radius 2 is 0.935 bits per heavy atom. The Kier molecular flexibility index (Phi) is 12.6. The summed E-state index contributed by atoms with van der Waals surface area (Å²) in [6.45, 7) is 4.33. The molecular formula is C34H46N6O6. The molecule has 12 heteroatoms. The number of nitrogens with one attached hydrogen (secondary N) is 2. The summed E-state index contributed by atoms with van der Waals surface area (Å²) in [5, 5.41) is 2.13. The number of rotatable bonds is 6. The van der Waals surface area contributed by atoms with Gasteiger partial charge in [0.1, 0.15) is 0 Å². The number of H-pyrrole nitrogens is 2. The highest BCUT2D eigenvalue weighted by Crippen LogP contribution is 2.20. The molecule has 1 aliphatic heterocycles. The number of hydrogen-bond acceptors (Lipinski definition) is 8. The van der Waals surface area contributed by atoms with Crippen molar-refractivity contribution in [3.05, 3.63) is 72.1 Å². The Morgan fingerprint density at radius 3 is 1.30 bits per heavy atom. The summed E-state index contributed by atoms with van der Waals surface area (Å²) in [4.78, 5) is 36.6. The molecule has 3 heterocycles. The zero-order chi connectivity index (χ0) is 32.1. The minimum atomic E-state index is -0.690. The third kappa shape index (κ3) is 9.15. The highest BCUT2D eigenvalue weighted by Gasteiger charge is 2.24.